The maximum absolute atomic E-state index is 12.1. The van der Waals surface area contributed by atoms with E-state index in [0.29, 0.717) is 6.54 Å². The molecule has 0 saturated carbocycles. The number of carbonyl (C=O) groups excluding carboxylic acids is 1. The van der Waals surface area contributed by atoms with Crippen LogP contribution >= 0.6 is 12.4 Å². The average molecular weight is 283 g/mol. The summed E-state index contributed by atoms with van der Waals surface area (Å²) in [5.74, 6) is 0.215. The fraction of sp³-hybridized carbons (Fsp3) is 0.533. The molecule has 1 fully saturated rings. The zero-order chi connectivity index (χ0) is 13.0. The fourth-order valence-electron chi connectivity index (χ4n) is 2.39. The van der Waals surface area contributed by atoms with E-state index in [1.807, 2.05) is 11.9 Å². The summed E-state index contributed by atoms with van der Waals surface area (Å²) in [4.78, 5) is 14.0. The highest BCUT2D eigenvalue weighted by Crippen LogP contribution is 2.11. The van der Waals surface area contributed by atoms with Gasteiger partial charge in [-0.3, -0.25) is 4.79 Å². The van der Waals surface area contributed by atoms with Gasteiger partial charge in [0.15, 0.2) is 0 Å². The Morgan fingerprint density at radius 2 is 1.95 bits per heavy atom. The molecule has 0 bridgehead atoms. The monoisotopic (exact) mass is 282 g/mol. The Bertz CT molecular complexity index is 399. The van der Waals surface area contributed by atoms with Crippen LogP contribution in [0.4, 0.5) is 0 Å². The van der Waals surface area contributed by atoms with Gasteiger partial charge in [0.25, 0.3) is 0 Å². The number of rotatable bonds is 4. The maximum Gasteiger partial charge on any atom is 0.239 e. The van der Waals surface area contributed by atoms with Crippen LogP contribution in [0.15, 0.2) is 24.3 Å². The second kappa shape index (κ2) is 7.51. The zero-order valence-electron chi connectivity index (χ0n) is 11.7. The topological polar surface area (TPSA) is 32.3 Å². The van der Waals surface area contributed by atoms with Crippen molar-refractivity contribution in [2.75, 3.05) is 13.6 Å². The zero-order valence-corrected chi connectivity index (χ0v) is 12.5. The van der Waals surface area contributed by atoms with Gasteiger partial charge in [0, 0.05) is 13.6 Å². The van der Waals surface area contributed by atoms with Crippen molar-refractivity contribution >= 4 is 18.3 Å². The Morgan fingerprint density at radius 3 is 2.47 bits per heavy atom. The highest BCUT2D eigenvalue weighted by Gasteiger charge is 2.24. The number of hydrogen-bond acceptors (Lipinski definition) is 2. The van der Waals surface area contributed by atoms with Crippen molar-refractivity contribution in [3.8, 4) is 0 Å². The maximum atomic E-state index is 12.1. The minimum absolute atomic E-state index is 0. The summed E-state index contributed by atoms with van der Waals surface area (Å²) in [5, 5.41) is 3.25. The van der Waals surface area contributed by atoms with Crippen LogP contribution in [0, 0.1) is 0 Å². The summed E-state index contributed by atoms with van der Waals surface area (Å²) in [7, 11) is 1.88. The number of likely N-dealkylation sites (N-methyl/N-ethyl adjacent to an activating group) is 1. The first kappa shape index (κ1) is 16.0. The van der Waals surface area contributed by atoms with Crippen LogP contribution < -0.4 is 5.32 Å². The Hall–Kier alpha value is -1.06. The van der Waals surface area contributed by atoms with Crippen LogP contribution in [0.25, 0.3) is 0 Å². The molecule has 0 aliphatic carbocycles. The van der Waals surface area contributed by atoms with Crippen LogP contribution in [0.3, 0.4) is 0 Å². The standard InChI is InChI=1S/C15H22N2O.ClH/c1-3-12-6-8-13(9-7-12)11-17(2)15(18)14-5-4-10-16-14;/h6-9,14,16H,3-5,10-11H2,1-2H3;1H. The van der Waals surface area contributed by atoms with Crippen LogP contribution in [0.1, 0.15) is 30.9 Å². The van der Waals surface area contributed by atoms with Gasteiger partial charge in [0.2, 0.25) is 5.91 Å². The third-order valence-electron chi connectivity index (χ3n) is 3.59. The molecule has 1 unspecified atom stereocenters. The summed E-state index contributed by atoms with van der Waals surface area (Å²) >= 11 is 0. The van der Waals surface area contributed by atoms with Gasteiger partial charge in [0.1, 0.15) is 0 Å². The Labute approximate surface area is 121 Å². The highest BCUT2D eigenvalue weighted by atomic mass is 35.5. The molecule has 4 heteroatoms. The fourth-order valence-corrected chi connectivity index (χ4v) is 2.39. The molecule has 3 nitrogen and oxygen atoms in total. The summed E-state index contributed by atoms with van der Waals surface area (Å²) in [6, 6.07) is 8.54. The van der Waals surface area contributed by atoms with Gasteiger partial charge in [-0.15, -0.1) is 12.4 Å². The van der Waals surface area contributed by atoms with E-state index in [1.165, 1.54) is 11.1 Å². The van der Waals surface area contributed by atoms with E-state index in [4.69, 9.17) is 0 Å². The lowest BCUT2D eigenvalue weighted by Gasteiger charge is -2.21. The first-order valence-electron chi connectivity index (χ1n) is 6.77. The second-order valence-corrected chi connectivity index (χ2v) is 5.01. The van der Waals surface area contributed by atoms with E-state index >= 15 is 0 Å². The number of nitrogens with zero attached hydrogens (tertiary/aromatic N) is 1. The van der Waals surface area contributed by atoms with Crippen molar-refractivity contribution in [1.82, 2.24) is 10.2 Å². The molecule has 1 aromatic carbocycles. The van der Waals surface area contributed by atoms with E-state index in [9.17, 15) is 4.79 Å². The normalized spacial score (nSPS) is 17.9. The Balaban J connectivity index is 0.00000180. The van der Waals surface area contributed by atoms with Crippen LogP contribution in [0.2, 0.25) is 0 Å². The predicted octanol–water partition coefficient (Wildman–Crippen LogP) is 2.38. The summed E-state index contributed by atoms with van der Waals surface area (Å²) in [6.45, 7) is 3.81. The van der Waals surface area contributed by atoms with Crippen molar-refractivity contribution in [2.45, 2.75) is 38.8 Å². The number of nitrogens with one attached hydrogen (secondary N) is 1. The number of amides is 1. The lowest BCUT2D eigenvalue weighted by atomic mass is 10.1. The van der Waals surface area contributed by atoms with Crippen molar-refractivity contribution in [2.24, 2.45) is 0 Å². The minimum Gasteiger partial charge on any atom is -0.340 e. The number of halogens is 1. The summed E-state index contributed by atoms with van der Waals surface area (Å²) in [6.07, 6.45) is 3.13. The van der Waals surface area contributed by atoms with Gasteiger partial charge in [-0.25, -0.2) is 0 Å². The van der Waals surface area contributed by atoms with E-state index in [0.717, 1.165) is 25.8 Å². The van der Waals surface area contributed by atoms with Crippen LogP contribution in [-0.4, -0.2) is 30.4 Å². The van der Waals surface area contributed by atoms with E-state index < -0.39 is 0 Å². The van der Waals surface area contributed by atoms with E-state index in [2.05, 4.69) is 36.5 Å². The molecule has 1 aliphatic heterocycles. The molecule has 2 rings (SSSR count). The molecular weight excluding hydrogens is 260 g/mol. The third-order valence-corrected chi connectivity index (χ3v) is 3.59. The molecule has 1 saturated heterocycles. The van der Waals surface area contributed by atoms with Crippen molar-refractivity contribution in [3.63, 3.8) is 0 Å². The largest absolute Gasteiger partial charge is 0.340 e. The molecule has 0 radical (unpaired) electrons. The van der Waals surface area contributed by atoms with Gasteiger partial charge in [-0.1, -0.05) is 31.2 Å². The molecule has 19 heavy (non-hydrogen) atoms. The highest BCUT2D eigenvalue weighted by molar-refractivity contribution is 5.85. The first-order valence-corrected chi connectivity index (χ1v) is 6.77. The molecule has 1 aliphatic rings. The van der Waals surface area contributed by atoms with Gasteiger partial charge >= 0.3 is 0 Å². The first-order chi connectivity index (χ1) is 8.70. The van der Waals surface area contributed by atoms with Crippen molar-refractivity contribution in [1.29, 1.82) is 0 Å². The smallest absolute Gasteiger partial charge is 0.239 e. The second-order valence-electron chi connectivity index (χ2n) is 5.01. The van der Waals surface area contributed by atoms with Crippen molar-refractivity contribution < 1.29 is 4.79 Å². The molecule has 1 N–H and O–H groups in total. The summed E-state index contributed by atoms with van der Waals surface area (Å²) in [5.41, 5.74) is 2.53. The molecule has 1 amide bonds. The number of aryl methyl sites for hydroxylation is 1. The van der Waals surface area contributed by atoms with E-state index in [-0.39, 0.29) is 24.4 Å². The van der Waals surface area contributed by atoms with Crippen LogP contribution in [-0.2, 0) is 17.8 Å². The van der Waals surface area contributed by atoms with Crippen molar-refractivity contribution in [3.05, 3.63) is 35.4 Å². The van der Waals surface area contributed by atoms with Gasteiger partial charge in [-0.2, -0.15) is 0 Å². The van der Waals surface area contributed by atoms with Gasteiger partial charge in [0.05, 0.1) is 6.04 Å². The minimum atomic E-state index is 0. The molecule has 1 heterocycles. The summed E-state index contributed by atoms with van der Waals surface area (Å²) < 4.78 is 0. The molecular formula is C15H23ClN2O. The lowest BCUT2D eigenvalue weighted by molar-refractivity contribution is -0.132. The quantitative estimate of drug-likeness (QED) is 0.920. The molecule has 0 aromatic heterocycles. The van der Waals surface area contributed by atoms with Crippen LogP contribution in [0.5, 0.6) is 0 Å². The molecule has 106 valence electrons. The number of hydrogen-bond donors (Lipinski definition) is 1. The number of benzene rings is 1. The third kappa shape index (κ3) is 4.22. The van der Waals surface area contributed by atoms with Gasteiger partial charge in [-0.05, 0) is 36.9 Å². The molecule has 1 aromatic rings. The Morgan fingerprint density at radius 1 is 1.32 bits per heavy atom. The SMILES string of the molecule is CCc1ccc(CN(C)C(=O)C2CCCN2)cc1.Cl. The molecule has 1 atom stereocenters. The van der Waals surface area contributed by atoms with Gasteiger partial charge < -0.3 is 10.2 Å². The lowest BCUT2D eigenvalue weighted by Crippen LogP contribution is -2.41. The number of carbonyl (C=O) groups is 1. The Kier molecular flexibility index (Phi) is 6.32. The molecule has 0 spiro atoms. The predicted molar refractivity (Wildman–Crippen MR) is 80.6 cm³/mol. The van der Waals surface area contributed by atoms with E-state index in [1.54, 1.807) is 0 Å². The average Bonchev–Trinajstić information content (AvgIpc) is 2.92.